The van der Waals surface area contributed by atoms with Crippen LogP contribution in [0.25, 0.3) is 5.57 Å². The van der Waals surface area contributed by atoms with Crippen LogP contribution >= 0.6 is 0 Å². The number of hydrogen-bond acceptors (Lipinski definition) is 2. The number of carbonyl (C=O) groups excluding carboxylic acids is 1. The van der Waals surface area contributed by atoms with Crippen molar-refractivity contribution in [1.29, 1.82) is 0 Å². The predicted octanol–water partition coefficient (Wildman–Crippen LogP) is 1.82. The summed E-state index contributed by atoms with van der Waals surface area (Å²) >= 11 is 0. The molecule has 2 N–H and O–H groups in total. The molecule has 1 aromatic rings. The first kappa shape index (κ1) is 12.4. The predicted molar refractivity (Wildman–Crippen MR) is 67.8 cm³/mol. The maximum atomic E-state index is 12.0. The molecule has 0 fully saturated rings. The topological polar surface area (TPSA) is 66.4 Å². The number of amides is 1. The fourth-order valence-corrected chi connectivity index (χ4v) is 2.24. The smallest absolute Gasteiger partial charge is 0.307 e. The molecular formula is C14H15NO3. The Labute approximate surface area is 105 Å². The average Bonchev–Trinajstić information content (AvgIpc) is 2.49. The molecule has 0 saturated carbocycles. The molecule has 1 amide bonds. The maximum Gasteiger partial charge on any atom is 0.307 e. The summed E-state index contributed by atoms with van der Waals surface area (Å²) in [6.45, 7) is 3.64. The number of carboxylic acids is 1. The summed E-state index contributed by atoms with van der Waals surface area (Å²) in [6, 6.07) is 9.16. The number of benzene rings is 1. The van der Waals surface area contributed by atoms with E-state index in [2.05, 4.69) is 5.32 Å². The lowest BCUT2D eigenvalue weighted by Crippen LogP contribution is -2.38. The van der Waals surface area contributed by atoms with Crippen molar-refractivity contribution in [3.8, 4) is 0 Å². The zero-order valence-electron chi connectivity index (χ0n) is 10.4. The largest absolute Gasteiger partial charge is 0.481 e. The molecule has 1 aromatic carbocycles. The van der Waals surface area contributed by atoms with Crippen molar-refractivity contribution in [2.24, 2.45) is 0 Å². The van der Waals surface area contributed by atoms with E-state index in [1.807, 2.05) is 44.2 Å². The molecule has 1 aliphatic heterocycles. The minimum atomic E-state index is -0.928. The molecule has 0 aromatic heterocycles. The Morgan fingerprint density at radius 3 is 2.44 bits per heavy atom. The van der Waals surface area contributed by atoms with E-state index in [1.54, 1.807) is 0 Å². The molecule has 0 radical (unpaired) electrons. The SMILES string of the molecule is CC1(C)NC(=O)C(c2ccccc2)=C1CC(=O)O. The highest BCUT2D eigenvalue weighted by molar-refractivity contribution is 6.24. The molecular weight excluding hydrogens is 230 g/mol. The van der Waals surface area contributed by atoms with Crippen molar-refractivity contribution in [2.75, 3.05) is 0 Å². The van der Waals surface area contributed by atoms with E-state index in [4.69, 9.17) is 5.11 Å². The molecule has 0 spiro atoms. The van der Waals surface area contributed by atoms with Crippen molar-refractivity contribution >= 4 is 17.4 Å². The summed E-state index contributed by atoms with van der Waals surface area (Å²) in [4.78, 5) is 23.0. The molecule has 94 valence electrons. The molecule has 0 saturated heterocycles. The molecule has 4 heteroatoms. The van der Waals surface area contributed by atoms with E-state index in [0.717, 1.165) is 5.56 Å². The van der Waals surface area contributed by atoms with Crippen molar-refractivity contribution < 1.29 is 14.7 Å². The maximum absolute atomic E-state index is 12.0. The Morgan fingerprint density at radius 1 is 1.28 bits per heavy atom. The summed E-state index contributed by atoms with van der Waals surface area (Å²) in [7, 11) is 0. The van der Waals surface area contributed by atoms with Gasteiger partial charge in [-0.15, -0.1) is 0 Å². The highest BCUT2D eigenvalue weighted by Crippen LogP contribution is 2.34. The van der Waals surface area contributed by atoms with Crippen LogP contribution in [-0.2, 0) is 9.59 Å². The Balaban J connectivity index is 2.56. The van der Waals surface area contributed by atoms with Gasteiger partial charge in [0.25, 0.3) is 5.91 Å². The number of aliphatic carboxylic acids is 1. The van der Waals surface area contributed by atoms with Crippen molar-refractivity contribution in [3.05, 3.63) is 41.5 Å². The van der Waals surface area contributed by atoms with Gasteiger partial charge in [0, 0.05) is 5.57 Å². The summed E-state index contributed by atoms with van der Waals surface area (Å²) in [5, 5.41) is 11.8. The highest BCUT2D eigenvalue weighted by atomic mass is 16.4. The lowest BCUT2D eigenvalue weighted by molar-refractivity contribution is -0.136. The van der Waals surface area contributed by atoms with Gasteiger partial charge in [0.1, 0.15) is 0 Å². The summed E-state index contributed by atoms with van der Waals surface area (Å²) < 4.78 is 0. The van der Waals surface area contributed by atoms with Crippen molar-refractivity contribution in [1.82, 2.24) is 5.32 Å². The van der Waals surface area contributed by atoms with E-state index in [1.165, 1.54) is 0 Å². The van der Waals surface area contributed by atoms with E-state index in [9.17, 15) is 9.59 Å². The molecule has 1 aliphatic rings. The Kier molecular flexibility index (Phi) is 2.95. The van der Waals surface area contributed by atoms with Gasteiger partial charge in [-0.1, -0.05) is 30.3 Å². The van der Waals surface area contributed by atoms with Crippen LogP contribution in [0.5, 0.6) is 0 Å². The van der Waals surface area contributed by atoms with Crippen molar-refractivity contribution in [2.45, 2.75) is 25.8 Å². The van der Waals surface area contributed by atoms with E-state index < -0.39 is 11.5 Å². The van der Waals surface area contributed by atoms with Gasteiger partial charge in [-0.25, -0.2) is 0 Å². The van der Waals surface area contributed by atoms with Crippen LogP contribution in [0, 0.1) is 0 Å². The third-order valence-corrected chi connectivity index (χ3v) is 3.10. The second kappa shape index (κ2) is 4.29. The van der Waals surface area contributed by atoms with Crippen LogP contribution in [0.3, 0.4) is 0 Å². The van der Waals surface area contributed by atoms with Crippen LogP contribution < -0.4 is 5.32 Å². The Morgan fingerprint density at radius 2 is 1.89 bits per heavy atom. The second-order valence-corrected chi connectivity index (χ2v) is 4.87. The zero-order valence-corrected chi connectivity index (χ0v) is 10.4. The summed E-state index contributed by atoms with van der Waals surface area (Å²) in [5.41, 5.74) is 1.27. The van der Waals surface area contributed by atoms with E-state index in [-0.39, 0.29) is 12.3 Å². The summed E-state index contributed by atoms with van der Waals surface area (Å²) in [5.74, 6) is -1.13. The van der Waals surface area contributed by atoms with Gasteiger partial charge in [0.05, 0.1) is 12.0 Å². The zero-order chi connectivity index (χ0) is 13.3. The number of carboxylic acid groups (broad SMARTS) is 1. The number of carbonyl (C=O) groups is 2. The van der Waals surface area contributed by atoms with Gasteiger partial charge in [-0.2, -0.15) is 0 Å². The summed E-state index contributed by atoms with van der Waals surface area (Å²) in [6.07, 6.45) is -0.129. The molecule has 0 bridgehead atoms. The molecule has 4 nitrogen and oxygen atoms in total. The first-order valence-electron chi connectivity index (χ1n) is 5.75. The second-order valence-electron chi connectivity index (χ2n) is 4.87. The molecule has 1 heterocycles. The van der Waals surface area contributed by atoms with Gasteiger partial charge in [-0.3, -0.25) is 9.59 Å². The molecule has 0 aliphatic carbocycles. The van der Waals surface area contributed by atoms with E-state index in [0.29, 0.717) is 11.1 Å². The van der Waals surface area contributed by atoms with Gasteiger partial charge in [0.2, 0.25) is 0 Å². The first-order valence-corrected chi connectivity index (χ1v) is 5.75. The van der Waals surface area contributed by atoms with Crippen molar-refractivity contribution in [3.63, 3.8) is 0 Å². The molecule has 0 atom stereocenters. The van der Waals surface area contributed by atoms with Crippen LogP contribution in [0.1, 0.15) is 25.8 Å². The fraction of sp³-hybridized carbons (Fsp3) is 0.286. The van der Waals surface area contributed by atoms with Crippen LogP contribution in [0.4, 0.5) is 0 Å². The van der Waals surface area contributed by atoms with Gasteiger partial charge in [-0.05, 0) is 25.0 Å². The number of rotatable bonds is 3. The number of hydrogen-bond donors (Lipinski definition) is 2. The third-order valence-electron chi connectivity index (χ3n) is 3.10. The van der Waals surface area contributed by atoms with E-state index >= 15 is 0 Å². The third kappa shape index (κ3) is 2.14. The van der Waals surface area contributed by atoms with Crippen LogP contribution in [0.2, 0.25) is 0 Å². The quantitative estimate of drug-likeness (QED) is 0.853. The lowest BCUT2D eigenvalue weighted by Gasteiger charge is -2.21. The molecule has 18 heavy (non-hydrogen) atoms. The minimum Gasteiger partial charge on any atom is -0.481 e. The normalized spacial score (nSPS) is 17.8. The van der Waals surface area contributed by atoms with Gasteiger partial charge >= 0.3 is 5.97 Å². The average molecular weight is 245 g/mol. The molecule has 0 unspecified atom stereocenters. The van der Waals surface area contributed by atoms with Gasteiger partial charge < -0.3 is 10.4 Å². The van der Waals surface area contributed by atoms with Crippen LogP contribution in [-0.4, -0.2) is 22.5 Å². The van der Waals surface area contributed by atoms with Gasteiger partial charge in [0.15, 0.2) is 0 Å². The Hall–Kier alpha value is -2.10. The number of nitrogens with one attached hydrogen (secondary N) is 1. The first-order chi connectivity index (χ1) is 8.42. The fourth-order valence-electron chi connectivity index (χ4n) is 2.24. The van der Waals surface area contributed by atoms with Crippen LogP contribution in [0.15, 0.2) is 35.9 Å². The highest BCUT2D eigenvalue weighted by Gasteiger charge is 2.38. The molecule has 2 rings (SSSR count). The monoisotopic (exact) mass is 245 g/mol. The Bertz CT molecular complexity index is 529. The lowest BCUT2D eigenvalue weighted by atomic mass is 9.89. The minimum absolute atomic E-state index is 0.129. The standard InChI is InChI=1S/C14H15NO3/c1-14(2)10(8-11(16)17)12(13(18)15-14)9-6-4-3-5-7-9/h3-7H,8H2,1-2H3,(H,15,18)(H,16,17).